The number of pyridine rings is 1. The number of likely N-dealkylation sites (N-methyl/N-ethyl adjacent to an activating group) is 1. The fourth-order valence-electron chi connectivity index (χ4n) is 2.63. The maximum absolute atomic E-state index is 12.7. The van der Waals surface area contributed by atoms with Crippen molar-refractivity contribution in [3.63, 3.8) is 0 Å². The summed E-state index contributed by atoms with van der Waals surface area (Å²) in [6.07, 6.45) is 3.49. The fraction of sp³-hybridized carbons (Fsp3) is 0.368. The Morgan fingerprint density at radius 3 is 2.58 bits per heavy atom. The fourth-order valence-corrected chi connectivity index (χ4v) is 2.63. The summed E-state index contributed by atoms with van der Waals surface area (Å²) in [4.78, 5) is 18.5. The van der Waals surface area contributed by atoms with Crippen molar-refractivity contribution >= 4 is 6.03 Å². The highest BCUT2D eigenvalue weighted by Gasteiger charge is 2.21. The number of hydrogen-bond acceptors (Lipinski definition) is 3. The van der Waals surface area contributed by atoms with E-state index in [0.717, 1.165) is 16.7 Å². The van der Waals surface area contributed by atoms with Crippen LogP contribution in [0.1, 0.15) is 29.7 Å². The van der Waals surface area contributed by atoms with Crippen molar-refractivity contribution in [2.24, 2.45) is 0 Å². The second kappa shape index (κ2) is 9.03. The van der Waals surface area contributed by atoms with Gasteiger partial charge in [-0.1, -0.05) is 24.3 Å². The summed E-state index contributed by atoms with van der Waals surface area (Å²) >= 11 is 0. The molecule has 0 fully saturated rings. The van der Waals surface area contributed by atoms with Crippen LogP contribution in [-0.2, 0) is 4.74 Å². The van der Waals surface area contributed by atoms with Gasteiger partial charge in [0.15, 0.2) is 0 Å². The number of aromatic nitrogens is 1. The van der Waals surface area contributed by atoms with Gasteiger partial charge in [-0.3, -0.25) is 4.98 Å². The molecule has 0 aliphatic heterocycles. The molecule has 24 heavy (non-hydrogen) atoms. The summed E-state index contributed by atoms with van der Waals surface area (Å²) in [5, 5.41) is 3.15. The van der Waals surface area contributed by atoms with Crippen molar-refractivity contribution in [3.05, 3.63) is 65.5 Å². The lowest BCUT2D eigenvalue weighted by Crippen LogP contribution is -2.43. The minimum Gasteiger partial charge on any atom is -0.383 e. The number of methoxy groups -OCH3 is 1. The Morgan fingerprint density at radius 2 is 1.96 bits per heavy atom. The second-order valence-corrected chi connectivity index (χ2v) is 5.59. The predicted molar refractivity (Wildman–Crippen MR) is 94.9 cm³/mol. The number of carbonyl (C=O) groups is 1. The zero-order chi connectivity index (χ0) is 17.4. The van der Waals surface area contributed by atoms with Gasteiger partial charge in [0.25, 0.3) is 0 Å². The van der Waals surface area contributed by atoms with E-state index in [0.29, 0.717) is 19.7 Å². The monoisotopic (exact) mass is 327 g/mol. The summed E-state index contributed by atoms with van der Waals surface area (Å²) in [6, 6.07) is 11.7. The molecule has 5 nitrogen and oxygen atoms in total. The molecule has 0 saturated heterocycles. The Hall–Kier alpha value is -2.40. The van der Waals surface area contributed by atoms with Crippen molar-refractivity contribution in [1.29, 1.82) is 0 Å². The van der Waals surface area contributed by atoms with Crippen LogP contribution < -0.4 is 5.32 Å². The van der Waals surface area contributed by atoms with E-state index in [1.165, 1.54) is 0 Å². The van der Waals surface area contributed by atoms with E-state index >= 15 is 0 Å². The van der Waals surface area contributed by atoms with Gasteiger partial charge in [0.05, 0.1) is 12.6 Å². The van der Waals surface area contributed by atoms with Crippen LogP contribution >= 0.6 is 0 Å². The number of rotatable bonds is 7. The summed E-state index contributed by atoms with van der Waals surface area (Å²) in [7, 11) is 1.64. The molecule has 1 aromatic heterocycles. The summed E-state index contributed by atoms with van der Waals surface area (Å²) in [5.74, 6) is 0. The van der Waals surface area contributed by atoms with E-state index in [2.05, 4.69) is 23.3 Å². The molecule has 128 valence electrons. The van der Waals surface area contributed by atoms with E-state index in [1.54, 1.807) is 24.4 Å². The van der Waals surface area contributed by atoms with Gasteiger partial charge in [-0.2, -0.15) is 0 Å². The maximum atomic E-state index is 12.7. The number of carbonyl (C=O) groups excluding carboxylic acids is 1. The predicted octanol–water partition coefficient (Wildman–Crippen LogP) is 3.16. The summed E-state index contributed by atoms with van der Waals surface area (Å²) in [5.41, 5.74) is 3.23. The normalized spacial score (nSPS) is 11.8. The van der Waals surface area contributed by atoms with Gasteiger partial charge < -0.3 is 15.0 Å². The van der Waals surface area contributed by atoms with Crippen LogP contribution in [0.2, 0.25) is 0 Å². The van der Waals surface area contributed by atoms with Gasteiger partial charge in [-0.15, -0.1) is 0 Å². The molecule has 0 bridgehead atoms. The minimum absolute atomic E-state index is 0.0976. The van der Waals surface area contributed by atoms with Gasteiger partial charge in [-0.25, -0.2) is 4.79 Å². The largest absolute Gasteiger partial charge is 0.383 e. The van der Waals surface area contributed by atoms with Crippen molar-refractivity contribution < 1.29 is 9.53 Å². The standard InChI is InChI=1S/C19H25N3O2/c1-4-22(13-14-24-3)19(23)21-18(16-9-11-20-12-10-16)17-8-6-5-7-15(17)2/h5-12,18H,4,13-14H2,1-3H3,(H,21,23). The van der Waals surface area contributed by atoms with Crippen LogP contribution in [0.4, 0.5) is 4.79 Å². The molecule has 2 amide bonds. The van der Waals surface area contributed by atoms with E-state index < -0.39 is 0 Å². The Labute approximate surface area is 143 Å². The van der Waals surface area contributed by atoms with Crippen LogP contribution in [0, 0.1) is 6.92 Å². The quantitative estimate of drug-likeness (QED) is 0.850. The first-order valence-electron chi connectivity index (χ1n) is 8.17. The third kappa shape index (κ3) is 4.55. The number of amides is 2. The Balaban J connectivity index is 2.27. The number of urea groups is 1. The third-order valence-corrected chi connectivity index (χ3v) is 4.04. The lowest BCUT2D eigenvalue weighted by atomic mass is 9.96. The maximum Gasteiger partial charge on any atom is 0.318 e. The van der Waals surface area contributed by atoms with Crippen LogP contribution in [0.5, 0.6) is 0 Å². The van der Waals surface area contributed by atoms with E-state index in [9.17, 15) is 4.79 Å². The van der Waals surface area contributed by atoms with Gasteiger partial charge in [0.1, 0.15) is 0 Å². The first-order valence-corrected chi connectivity index (χ1v) is 8.17. The average molecular weight is 327 g/mol. The van der Waals surface area contributed by atoms with Crippen LogP contribution in [-0.4, -0.2) is 42.7 Å². The van der Waals surface area contributed by atoms with Gasteiger partial charge in [0.2, 0.25) is 0 Å². The van der Waals surface area contributed by atoms with E-state index in [4.69, 9.17) is 4.74 Å². The highest BCUT2D eigenvalue weighted by molar-refractivity contribution is 5.75. The lowest BCUT2D eigenvalue weighted by Gasteiger charge is -2.27. The number of aryl methyl sites for hydroxylation is 1. The first-order chi connectivity index (χ1) is 11.7. The molecule has 0 saturated carbocycles. The summed E-state index contributed by atoms with van der Waals surface area (Å²) < 4.78 is 5.09. The molecule has 1 atom stereocenters. The molecular formula is C19H25N3O2. The van der Waals surface area contributed by atoms with Gasteiger partial charge >= 0.3 is 6.03 Å². The van der Waals surface area contributed by atoms with Gasteiger partial charge in [-0.05, 0) is 42.7 Å². The number of nitrogens with one attached hydrogen (secondary N) is 1. The molecule has 0 aliphatic carbocycles. The molecule has 1 heterocycles. The Bertz CT molecular complexity index is 646. The van der Waals surface area contributed by atoms with E-state index in [-0.39, 0.29) is 12.1 Å². The van der Waals surface area contributed by atoms with Crippen molar-refractivity contribution in [2.45, 2.75) is 19.9 Å². The van der Waals surface area contributed by atoms with Crippen molar-refractivity contribution in [3.8, 4) is 0 Å². The molecule has 5 heteroatoms. The molecule has 0 radical (unpaired) electrons. The van der Waals surface area contributed by atoms with Crippen LogP contribution in [0.3, 0.4) is 0 Å². The number of nitrogens with zero attached hydrogens (tertiary/aromatic N) is 2. The molecule has 0 aliphatic rings. The molecule has 2 aromatic rings. The zero-order valence-corrected chi connectivity index (χ0v) is 14.5. The second-order valence-electron chi connectivity index (χ2n) is 5.59. The van der Waals surface area contributed by atoms with Crippen LogP contribution in [0.25, 0.3) is 0 Å². The molecule has 0 spiro atoms. The smallest absolute Gasteiger partial charge is 0.318 e. The van der Waals surface area contributed by atoms with Crippen molar-refractivity contribution in [2.75, 3.05) is 26.8 Å². The zero-order valence-electron chi connectivity index (χ0n) is 14.5. The first kappa shape index (κ1) is 17.9. The molecule has 1 unspecified atom stereocenters. The van der Waals surface area contributed by atoms with Crippen molar-refractivity contribution in [1.82, 2.24) is 15.2 Å². The highest BCUT2D eigenvalue weighted by atomic mass is 16.5. The topological polar surface area (TPSA) is 54.5 Å². The van der Waals surface area contributed by atoms with Gasteiger partial charge in [0, 0.05) is 32.6 Å². The average Bonchev–Trinajstić information content (AvgIpc) is 2.62. The Morgan fingerprint density at radius 1 is 1.25 bits per heavy atom. The van der Waals surface area contributed by atoms with E-state index in [1.807, 2.05) is 37.3 Å². The number of benzene rings is 1. The van der Waals surface area contributed by atoms with Crippen LogP contribution in [0.15, 0.2) is 48.8 Å². The highest BCUT2D eigenvalue weighted by Crippen LogP contribution is 2.24. The molecule has 2 rings (SSSR count). The summed E-state index contributed by atoms with van der Waals surface area (Å²) in [6.45, 7) is 5.73. The molecule has 1 aromatic carbocycles. The third-order valence-electron chi connectivity index (χ3n) is 4.04. The lowest BCUT2D eigenvalue weighted by molar-refractivity contribution is 0.150. The number of ether oxygens (including phenoxy) is 1. The Kier molecular flexibility index (Phi) is 6.75. The minimum atomic E-state index is -0.210. The number of hydrogen-bond donors (Lipinski definition) is 1. The SMILES string of the molecule is CCN(CCOC)C(=O)NC(c1ccncc1)c1ccccc1C. The molecule has 1 N–H and O–H groups in total. The molecular weight excluding hydrogens is 302 g/mol.